The number of aromatic nitrogens is 4. The molecule has 2 atom stereocenters. The molecule has 1 aromatic heterocycles. The van der Waals surface area contributed by atoms with Gasteiger partial charge >= 0.3 is 0 Å². The van der Waals surface area contributed by atoms with Gasteiger partial charge in [-0.05, 0) is 61.2 Å². The Hall–Kier alpha value is -0.720. The average Bonchev–Trinajstić information content (AvgIpc) is 2.95. The smallest absolute Gasteiger partial charge is 0.165 e. The third kappa shape index (κ3) is 2.61. The van der Waals surface area contributed by atoms with E-state index >= 15 is 0 Å². The van der Waals surface area contributed by atoms with Crippen molar-refractivity contribution in [1.82, 2.24) is 30.4 Å². The molecule has 1 aliphatic carbocycles. The number of hydrogen-bond donors (Lipinski definition) is 1. The van der Waals surface area contributed by atoms with Crippen molar-refractivity contribution >= 4 is 12.4 Å². The molecule has 0 aromatic carbocycles. The summed E-state index contributed by atoms with van der Waals surface area (Å²) in [5.41, 5.74) is 0. The molecule has 4 rings (SSSR count). The first-order chi connectivity index (χ1) is 8.90. The lowest BCUT2D eigenvalue weighted by Gasteiger charge is -2.33. The van der Waals surface area contributed by atoms with Crippen molar-refractivity contribution in [1.29, 1.82) is 0 Å². The summed E-state index contributed by atoms with van der Waals surface area (Å²) in [7, 11) is 0. The highest BCUT2D eigenvalue weighted by Crippen LogP contribution is 2.35. The molecule has 3 aliphatic rings. The van der Waals surface area contributed by atoms with E-state index in [2.05, 4.69) is 25.7 Å². The van der Waals surface area contributed by atoms with Crippen molar-refractivity contribution in [3.63, 3.8) is 0 Å². The van der Waals surface area contributed by atoms with E-state index in [9.17, 15) is 0 Å². The Morgan fingerprint density at radius 1 is 1.16 bits per heavy atom. The van der Waals surface area contributed by atoms with Crippen LogP contribution in [-0.4, -0.2) is 51.3 Å². The predicted molar refractivity (Wildman–Crippen MR) is 73.1 cm³/mol. The number of hydrogen-bond acceptors (Lipinski definition) is 5. The van der Waals surface area contributed by atoms with Gasteiger partial charge in [0.2, 0.25) is 0 Å². The largest absolute Gasteiger partial charge is 0.316 e. The van der Waals surface area contributed by atoms with E-state index in [4.69, 9.17) is 0 Å². The van der Waals surface area contributed by atoms with Crippen LogP contribution in [0.1, 0.15) is 31.1 Å². The molecule has 2 aliphatic heterocycles. The Morgan fingerprint density at radius 2 is 2.00 bits per heavy atom. The first-order valence-electron chi connectivity index (χ1n) is 7.10. The minimum absolute atomic E-state index is 0. The number of likely N-dealkylation sites (tertiary alicyclic amines) is 1. The van der Waals surface area contributed by atoms with Crippen LogP contribution in [0.3, 0.4) is 0 Å². The van der Waals surface area contributed by atoms with E-state index in [0.29, 0.717) is 6.04 Å². The molecule has 3 heterocycles. The van der Waals surface area contributed by atoms with Gasteiger partial charge in [0.05, 0.1) is 12.6 Å². The van der Waals surface area contributed by atoms with E-state index < -0.39 is 0 Å². The molecule has 1 aromatic rings. The number of tetrazole rings is 1. The zero-order valence-electron chi connectivity index (χ0n) is 11.0. The molecule has 0 spiro atoms. The zero-order valence-corrected chi connectivity index (χ0v) is 11.8. The van der Waals surface area contributed by atoms with Gasteiger partial charge in [-0.2, -0.15) is 0 Å². The lowest BCUT2D eigenvalue weighted by Crippen LogP contribution is -2.40. The summed E-state index contributed by atoms with van der Waals surface area (Å²) in [5, 5.41) is 15.7. The van der Waals surface area contributed by atoms with Gasteiger partial charge < -0.3 is 5.32 Å². The fraction of sp³-hybridized carbons (Fsp3) is 0.917. The standard InChI is InChI=1S/C12H20N6.ClH/c1-2-11(1)18-12(14-15-16-18)8-17-4-3-9-5-13-6-10(9)7-17;/h9-11,13H,1-8H2;1H. The Morgan fingerprint density at radius 3 is 2.84 bits per heavy atom. The van der Waals surface area contributed by atoms with Crippen molar-refractivity contribution in [2.24, 2.45) is 11.8 Å². The number of nitrogens with one attached hydrogen (secondary N) is 1. The third-order valence-corrected chi connectivity index (χ3v) is 4.61. The quantitative estimate of drug-likeness (QED) is 0.874. The van der Waals surface area contributed by atoms with Crippen molar-refractivity contribution in [3.05, 3.63) is 5.82 Å². The fourth-order valence-electron chi connectivity index (χ4n) is 3.37. The number of halogens is 1. The minimum atomic E-state index is 0. The van der Waals surface area contributed by atoms with Crippen LogP contribution in [0.5, 0.6) is 0 Å². The number of rotatable bonds is 3. The summed E-state index contributed by atoms with van der Waals surface area (Å²) >= 11 is 0. The van der Waals surface area contributed by atoms with Crippen LogP contribution in [0.2, 0.25) is 0 Å². The van der Waals surface area contributed by atoms with E-state index in [1.807, 2.05) is 4.68 Å². The van der Waals surface area contributed by atoms with Crippen LogP contribution in [-0.2, 0) is 6.54 Å². The molecule has 1 saturated carbocycles. The highest BCUT2D eigenvalue weighted by molar-refractivity contribution is 5.85. The molecule has 106 valence electrons. The van der Waals surface area contributed by atoms with Crippen molar-refractivity contribution in [3.8, 4) is 0 Å². The van der Waals surface area contributed by atoms with E-state index in [1.54, 1.807) is 0 Å². The van der Waals surface area contributed by atoms with Crippen LogP contribution in [0.4, 0.5) is 0 Å². The number of fused-ring (bicyclic) bond motifs is 1. The van der Waals surface area contributed by atoms with Gasteiger partial charge in [-0.25, -0.2) is 4.68 Å². The topological polar surface area (TPSA) is 58.9 Å². The van der Waals surface area contributed by atoms with Crippen LogP contribution in [0.15, 0.2) is 0 Å². The maximum Gasteiger partial charge on any atom is 0.165 e. The van der Waals surface area contributed by atoms with Crippen LogP contribution < -0.4 is 5.32 Å². The Bertz CT molecular complexity index is 432. The average molecular weight is 285 g/mol. The second-order valence-corrected chi connectivity index (χ2v) is 5.97. The SMILES string of the molecule is C1CN(Cc2nnnn2C2CC2)CC2CNCC12.Cl. The monoisotopic (exact) mass is 284 g/mol. The Kier molecular flexibility index (Phi) is 3.73. The molecule has 0 bridgehead atoms. The molecule has 19 heavy (non-hydrogen) atoms. The highest BCUT2D eigenvalue weighted by Gasteiger charge is 2.34. The van der Waals surface area contributed by atoms with Gasteiger partial charge in [0.15, 0.2) is 5.82 Å². The van der Waals surface area contributed by atoms with E-state index in [0.717, 1.165) is 24.2 Å². The molecule has 0 radical (unpaired) electrons. The Labute approximate surface area is 119 Å². The maximum atomic E-state index is 4.20. The predicted octanol–water partition coefficient (Wildman–Crippen LogP) is 0.471. The summed E-state index contributed by atoms with van der Waals surface area (Å²) < 4.78 is 2.04. The van der Waals surface area contributed by atoms with Gasteiger partial charge in [0.25, 0.3) is 0 Å². The summed E-state index contributed by atoms with van der Waals surface area (Å²) in [6.07, 6.45) is 3.81. The zero-order chi connectivity index (χ0) is 11.9. The van der Waals surface area contributed by atoms with Gasteiger partial charge in [0.1, 0.15) is 0 Å². The molecule has 6 nitrogen and oxygen atoms in total. The van der Waals surface area contributed by atoms with E-state index in [-0.39, 0.29) is 12.4 Å². The molecule has 1 N–H and O–H groups in total. The van der Waals surface area contributed by atoms with Gasteiger partial charge in [-0.1, -0.05) is 0 Å². The Balaban J connectivity index is 0.00000110. The van der Waals surface area contributed by atoms with E-state index in [1.165, 1.54) is 45.4 Å². The number of nitrogens with zero attached hydrogens (tertiary/aromatic N) is 5. The number of piperidine rings is 1. The summed E-state index contributed by atoms with van der Waals surface area (Å²) in [6, 6.07) is 0.584. The molecular formula is C12H21ClN6. The van der Waals surface area contributed by atoms with Gasteiger partial charge in [-0.15, -0.1) is 17.5 Å². The summed E-state index contributed by atoms with van der Waals surface area (Å²) in [6.45, 7) is 5.73. The summed E-state index contributed by atoms with van der Waals surface area (Å²) in [4.78, 5) is 2.53. The first-order valence-corrected chi connectivity index (χ1v) is 7.10. The van der Waals surface area contributed by atoms with Crippen molar-refractivity contribution in [2.45, 2.75) is 31.8 Å². The van der Waals surface area contributed by atoms with Crippen molar-refractivity contribution in [2.75, 3.05) is 26.2 Å². The lowest BCUT2D eigenvalue weighted by molar-refractivity contribution is 0.137. The normalized spacial score (nSPS) is 30.9. The molecule has 7 heteroatoms. The minimum Gasteiger partial charge on any atom is -0.316 e. The highest BCUT2D eigenvalue weighted by atomic mass is 35.5. The maximum absolute atomic E-state index is 4.20. The molecular weight excluding hydrogens is 264 g/mol. The first kappa shape index (κ1) is 13.3. The lowest BCUT2D eigenvalue weighted by atomic mass is 9.89. The molecule has 2 unspecified atom stereocenters. The second-order valence-electron chi connectivity index (χ2n) is 5.97. The second kappa shape index (κ2) is 5.34. The fourth-order valence-corrected chi connectivity index (χ4v) is 3.37. The van der Waals surface area contributed by atoms with Gasteiger partial charge in [0, 0.05) is 6.54 Å². The van der Waals surface area contributed by atoms with Crippen LogP contribution in [0, 0.1) is 11.8 Å². The third-order valence-electron chi connectivity index (χ3n) is 4.61. The van der Waals surface area contributed by atoms with Gasteiger partial charge in [-0.3, -0.25) is 4.90 Å². The van der Waals surface area contributed by atoms with Crippen molar-refractivity contribution < 1.29 is 0 Å². The van der Waals surface area contributed by atoms with Crippen LogP contribution >= 0.6 is 12.4 Å². The molecule has 2 saturated heterocycles. The molecule has 0 amide bonds. The van der Waals surface area contributed by atoms with Crippen LogP contribution in [0.25, 0.3) is 0 Å². The summed E-state index contributed by atoms with van der Waals surface area (Å²) in [5.74, 6) is 2.80. The molecule has 3 fully saturated rings.